The van der Waals surface area contributed by atoms with Gasteiger partial charge in [-0.2, -0.15) is 0 Å². The van der Waals surface area contributed by atoms with E-state index in [1.54, 1.807) is 17.2 Å². The van der Waals surface area contributed by atoms with E-state index < -0.39 is 0 Å². The first kappa shape index (κ1) is 24.5. The van der Waals surface area contributed by atoms with Gasteiger partial charge in [-0.1, -0.05) is 59.9 Å². The smallest absolute Gasteiger partial charge is 0.266 e. The van der Waals surface area contributed by atoms with Crippen molar-refractivity contribution in [2.75, 3.05) is 18.7 Å². The predicted octanol–water partition coefficient (Wildman–Crippen LogP) is 5.39. The van der Waals surface area contributed by atoms with Gasteiger partial charge in [-0.25, -0.2) is 4.98 Å². The second kappa shape index (κ2) is 10.8. The Kier molecular flexibility index (Phi) is 7.35. The summed E-state index contributed by atoms with van der Waals surface area (Å²) in [4.78, 5) is 32.8. The van der Waals surface area contributed by atoms with Crippen LogP contribution >= 0.6 is 35.3 Å². The minimum Gasteiger partial charge on any atom is -0.454 e. The number of nitrogens with zero attached hydrogens (tertiary/aromatic N) is 2. The SMILES string of the molecule is Cc1ccc(Cc2cnc(NC(=O)CCCN3C(=O)/C(=C/c4ccc5c(c4)OCO5)SC3=S)s2)cc1. The number of ether oxygens (including phenoxy) is 2. The van der Waals surface area contributed by atoms with Gasteiger partial charge in [0.15, 0.2) is 16.6 Å². The molecule has 3 heterocycles. The van der Waals surface area contributed by atoms with Crippen LogP contribution < -0.4 is 14.8 Å². The highest BCUT2D eigenvalue weighted by Crippen LogP contribution is 2.36. The number of carbonyl (C=O) groups excluding carboxylic acids is 2. The third-order valence-electron chi connectivity index (χ3n) is 5.65. The molecule has 2 aromatic carbocycles. The summed E-state index contributed by atoms with van der Waals surface area (Å²) in [6.45, 7) is 2.64. The number of hydrogen-bond donors (Lipinski definition) is 1. The maximum atomic E-state index is 12.9. The number of anilines is 1. The summed E-state index contributed by atoms with van der Waals surface area (Å²) in [5, 5.41) is 3.44. The summed E-state index contributed by atoms with van der Waals surface area (Å²) in [6, 6.07) is 13.9. The first-order valence-electron chi connectivity index (χ1n) is 11.4. The number of thiocarbonyl (C=S) groups is 1. The molecule has 2 aliphatic heterocycles. The van der Waals surface area contributed by atoms with Crippen LogP contribution in [0.25, 0.3) is 6.08 Å². The number of aromatic nitrogens is 1. The van der Waals surface area contributed by atoms with E-state index in [1.807, 2.05) is 18.2 Å². The van der Waals surface area contributed by atoms with Crippen molar-refractivity contribution in [3.05, 3.63) is 75.1 Å². The molecular formula is C26H23N3O4S3. The van der Waals surface area contributed by atoms with Crippen LogP contribution in [0.4, 0.5) is 5.13 Å². The van der Waals surface area contributed by atoms with Gasteiger partial charge in [0, 0.05) is 30.5 Å². The Morgan fingerprint density at radius 1 is 1.19 bits per heavy atom. The molecule has 0 saturated carbocycles. The first-order chi connectivity index (χ1) is 17.4. The second-order valence-corrected chi connectivity index (χ2v) is 11.2. The molecule has 0 atom stereocenters. The summed E-state index contributed by atoms with van der Waals surface area (Å²) in [5.41, 5.74) is 3.27. The number of amides is 2. The van der Waals surface area contributed by atoms with Gasteiger partial charge in [-0.15, -0.1) is 11.3 Å². The largest absolute Gasteiger partial charge is 0.454 e. The molecule has 10 heteroatoms. The monoisotopic (exact) mass is 537 g/mol. The lowest BCUT2D eigenvalue weighted by atomic mass is 10.1. The summed E-state index contributed by atoms with van der Waals surface area (Å²) >= 11 is 8.15. The molecule has 5 rings (SSSR count). The number of aryl methyl sites for hydroxylation is 1. The van der Waals surface area contributed by atoms with Crippen molar-refractivity contribution in [2.24, 2.45) is 0 Å². The zero-order valence-electron chi connectivity index (χ0n) is 19.5. The van der Waals surface area contributed by atoms with Gasteiger partial charge in [0.2, 0.25) is 12.7 Å². The Bertz CT molecular complexity index is 1350. The van der Waals surface area contributed by atoms with Crippen LogP contribution in [0.5, 0.6) is 11.5 Å². The van der Waals surface area contributed by atoms with Crippen LogP contribution in [0.2, 0.25) is 0 Å². The van der Waals surface area contributed by atoms with Crippen molar-refractivity contribution in [3.8, 4) is 11.5 Å². The standard InChI is InChI=1S/C26H23N3O4S3/c1-16-4-6-17(7-5-16)11-19-14-27-25(35-19)28-23(30)3-2-10-29-24(31)22(36-26(29)34)13-18-8-9-20-21(12-18)33-15-32-20/h4-9,12-14H,2-3,10-11,15H2,1H3,(H,27,28,30)/b22-13-. The van der Waals surface area contributed by atoms with E-state index in [9.17, 15) is 9.59 Å². The summed E-state index contributed by atoms with van der Waals surface area (Å²) in [5.74, 6) is 1.07. The Morgan fingerprint density at radius 3 is 2.83 bits per heavy atom. The van der Waals surface area contributed by atoms with Crippen LogP contribution in [-0.2, 0) is 16.0 Å². The van der Waals surface area contributed by atoms with Crippen LogP contribution in [0.15, 0.2) is 53.6 Å². The highest BCUT2D eigenvalue weighted by Gasteiger charge is 2.31. The fourth-order valence-corrected chi connectivity index (χ4v) is 5.95. The quantitative estimate of drug-likeness (QED) is 0.305. The lowest BCUT2D eigenvalue weighted by Crippen LogP contribution is -2.29. The van der Waals surface area contributed by atoms with Crippen LogP contribution in [0, 0.1) is 6.92 Å². The second-order valence-electron chi connectivity index (χ2n) is 8.39. The number of carbonyl (C=O) groups is 2. The highest BCUT2D eigenvalue weighted by atomic mass is 32.2. The Balaban J connectivity index is 1.10. The molecule has 0 aliphatic carbocycles. The number of thiazole rings is 1. The lowest BCUT2D eigenvalue weighted by molar-refractivity contribution is -0.122. The number of benzene rings is 2. The molecule has 2 aliphatic rings. The minimum absolute atomic E-state index is 0.132. The average molecular weight is 538 g/mol. The van der Waals surface area contributed by atoms with Crippen molar-refractivity contribution >= 4 is 62.7 Å². The fourth-order valence-electron chi connectivity index (χ4n) is 3.78. The molecule has 184 valence electrons. The van der Waals surface area contributed by atoms with Crippen molar-refractivity contribution in [2.45, 2.75) is 26.2 Å². The summed E-state index contributed by atoms with van der Waals surface area (Å²) in [7, 11) is 0. The van der Waals surface area contributed by atoms with E-state index in [-0.39, 0.29) is 25.0 Å². The van der Waals surface area contributed by atoms with Crippen molar-refractivity contribution in [1.29, 1.82) is 0 Å². The molecule has 1 saturated heterocycles. The van der Waals surface area contributed by atoms with E-state index >= 15 is 0 Å². The number of rotatable bonds is 8. The zero-order chi connectivity index (χ0) is 25.1. The topological polar surface area (TPSA) is 80.8 Å². The molecular weight excluding hydrogens is 515 g/mol. The Labute approximate surface area is 222 Å². The van der Waals surface area contributed by atoms with Gasteiger partial charge in [0.1, 0.15) is 4.32 Å². The average Bonchev–Trinajstić information content (AvgIpc) is 3.56. The Hall–Kier alpha value is -3.21. The fraction of sp³-hybridized carbons (Fsp3) is 0.231. The molecule has 0 unspecified atom stereocenters. The molecule has 2 amide bonds. The molecule has 1 N–H and O–H groups in total. The summed E-state index contributed by atoms with van der Waals surface area (Å²) in [6.07, 6.45) is 5.14. The number of thioether (sulfide) groups is 1. The van der Waals surface area contributed by atoms with E-state index in [4.69, 9.17) is 21.7 Å². The van der Waals surface area contributed by atoms with E-state index in [1.165, 1.54) is 34.2 Å². The van der Waals surface area contributed by atoms with Crippen molar-refractivity contribution in [1.82, 2.24) is 9.88 Å². The van der Waals surface area contributed by atoms with Gasteiger partial charge >= 0.3 is 0 Å². The highest BCUT2D eigenvalue weighted by molar-refractivity contribution is 8.26. The van der Waals surface area contributed by atoms with Crippen LogP contribution in [-0.4, -0.2) is 39.4 Å². The predicted molar refractivity (Wildman–Crippen MR) is 146 cm³/mol. The molecule has 3 aromatic rings. The normalized spacial score (nSPS) is 15.7. The van der Waals surface area contributed by atoms with Crippen LogP contribution in [0.1, 0.15) is 34.4 Å². The van der Waals surface area contributed by atoms with Crippen LogP contribution in [0.3, 0.4) is 0 Å². The minimum atomic E-state index is -0.149. The zero-order valence-corrected chi connectivity index (χ0v) is 21.9. The summed E-state index contributed by atoms with van der Waals surface area (Å²) < 4.78 is 11.2. The van der Waals surface area contributed by atoms with Crippen molar-refractivity contribution < 1.29 is 19.1 Å². The lowest BCUT2D eigenvalue weighted by Gasteiger charge is -2.13. The van der Waals surface area contributed by atoms with Gasteiger partial charge in [-0.05, 0) is 42.7 Å². The van der Waals surface area contributed by atoms with E-state index in [0.29, 0.717) is 38.8 Å². The molecule has 0 spiro atoms. The molecule has 7 nitrogen and oxygen atoms in total. The van der Waals surface area contributed by atoms with Gasteiger partial charge in [0.05, 0.1) is 4.91 Å². The maximum absolute atomic E-state index is 12.9. The Morgan fingerprint density at radius 2 is 2.00 bits per heavy atom. The molecule has 1 fully saturated rings. The van der Waals surface area contributed by atoms with E-state index in [2.05, 4.69) is 41.5 Å². The van der Waals surface area contributed by atoms with Gasteiger partial charge in [0.25, 0.3) is 5.91 Å². The van der Waals surface area contributed by atoms with Gasteiger partial charge in [-0.3, -0.25) is 14.5 Å². The first-order valence-corrected chi connectivity index (χ1v) is 13.4. The number of fused-ring (bicyclic) bond motifs is 1. The number of hydrogen-bond acceptors (Lipinski definition) is 8. The third-order valence-corrected chi connectivity index (χ3v) is 7.94. The van der Waals surface area contributed by atoms with E-state index in [0.717, 1.165) is 16.9 Å². The molecule has 36 heavy (non-hydrogen) atoms. The maximum Gasteiger partial charge on any atom is 0.266 e. The van der Waals surface area contributed by atoms with Gasteiger partial charge < -0.3 is 14.8 Å². The molecule has 1 aromatic heterocycles. The third kappa shape index (κ3) is 5.77. The number of nitrogens with one attached hydrogen (secondary N) is 1. The van der Waals surface area contributed by atoms with Crippen molar-refractivity contribution in [3.63, 3.8) is 0 Å². The molecule has 0 bridgehead atoms. The molecule has 0 radical (unpaired) electrons.